The van der Waals surface area contributed by atoms with Crippen molar-refractivity contribution in [2.75, 3.05) is 7.11 Å². The minimum Gasteiger partial charge on any atom is -0.495 e. The molecule has 4 heteroatoms. The third-order valence-corrected chi connectivity index (χ3v) is 3.27. The van der Waals surface area contributed by atoms with Crippen LogP contribution < -0.4 is 9.47 Å². The SMILES string of the molecule is COc1cc(OCc2ccc(C#N)cc2)ccc1Br. The number of methoxy groups -OCH3 is 1. The Balaban J connectivity index is 2.03. The van der Waals surface area contributed by atoms with Crippen LogP contribution in [0.15, 0.2) is 46.9 Å². The minimum atomic E-state index is 0.455. The maximum absolute atomic E-state index is 8.72. The molecular formula is C15H12BrNO2. The van der Waals surface area contributed by atoms with Gasteiger partial charge in [-0.25, -0.2) is 0 Å². The summed E-state index contributed by atoms with van der Waals surface area (Å²) in [6.45, 7) is 0.455. The van der Waals surface area contributed by atoms with E-state index in [-0.39, 0.29) is 0 Å². The second-order valence-electron chi connectivity index (χ2n) is 3.89. The summed E-state index contributed by atoms with van der Waals surface area (Å²) in [7, 11) is 1.62. The van der Waals surface area contributed by atoms with Crippen LogP contribution in [0.2, 0.25) is 0 Å². The molecule has 2 aromatic rings. The van der Waals surface area contributed by atoms with Gasteiger partial charge in [-0.05, 0) is 45.8 Å². The van der Waals surface area contributed by atoms with Gasteiger partial charge in [-0.1, -0.05) is 12.1 Å². The molecule has 0 fully saturated rings. The summed E-state index contributed by atoms with van der Waals surface area (Å²) in [4.78, 5) is 0. The van der Waals surface area contributed by atoms with Crippen molar-refractivity contribution < 1.29 is 9.47 Å². The molecule has 0 bridgehead atoms. The van der Waals surface area contributed by atoms with E-state index in [1.54, 1.807) is 19.2 Å². The maximum atomic E-state index is 8.72. The van der Waals surface area contributed by atoms with Gasteiger partial charge in [0, 0.05) is 6.07 Å². The second-order valence-corrected chi connectivity index (χ2v) is 4.75. The lowest BCUT2D eigenvalue weighted by Gasteiger charge is -2.09. The van der Waals surface area contributed by atoms with Gasteiger partial charge in [0.1, 0.15) is 18.1 Å². The highest BCUT2D eigenvalue weighted by Crippen LogP contribution is 2.29. The molecule has 0 aliphatic rings. The third-order valence-electron chi connectivity index (χ3n) is 2.61. The first-order chi connectivity index (χ1) is 9.22. The molecule has 96 valence electrons. The minimum absolute atomic E-state index is 0.455. The number of benzene rings is 2. The molecule has 2 aromatic carbocycles. The molecule has 0 unspecified atom stereocenters. The highest BCUT2D eigenvalue weighted by atomic mass is 79.9. The van der Waals surface area contributed by atoms with Gasteiger partial charge in [0.2, 0.25) is 0 Å². The zero-order valence-electron chi connectivity index (χ0n) is 10.4. The summed E-state index contributed by atoms with van der Waals surface area (Å²) in [5.41, 5.74) is 1.66. The van der Waals surface area contributed by atoms with Gasteiger partial charge in [0.05, 0.1) is 23.2 Å². The molecule has 19 heavy (non-hydrogen) atoms. The Morgan fingerprint density at radius 3 is 2.53 bits per heavy atom. The Morgan fingerprint density at radius 1 is 1.16 bits per heavy atom. The van der Waals surface area contributed by atoms with Crippen molar-refractivity contribution in [2.24, 2.45) is 0 Å². The van der Waals surface area contributed by atoms with E-state index in [4.69, 9.17) is 14.7 Å². The molecule has 0 saturated heterocycles. The van der Waals surface area contributed by atoms with Crippen LogP contribution in [0, 0.1) is 11.3 Å². The van der Waals surface area contributed by atoms with Crippen molar-refractivity contribution in [2.45, 2.75) is 6.61 Å². The quantitative estimate of drug-likeness (QED) is 0.858. The number of nitrogens with zero attached hydrogens (tertiary/aromatic N) is 1. The van der Waals surface area contributed by atoms with Crippen LogP contribution in [0.5, 0.6) is 11.5 Å². The molecule has 0 aliphatic carbocycles. The third kappa shape index (κ3) is 3.49. The van der Waals surface area contributed by atoms with Gasteiger partial charge in [-0.15, -0.1) is 0 Å². The van der Waals surface area contributed by atoms with E-state index in [2.05, 4.69) is 22.0 Å². The lowest BCUT2D eigenvalue weighted by Crippen LogP contribution is -1.96. The number of nitriles is 1. The molecule has 0 aliphatic heterocycles. The summed E-state index contributed by atoms with van der Waals surface area (Å²) in [5.74, 6) is 1.47. The number of halogens is 1. The first-order valence-corrected chi connectivity index (χ1v) is 6.47. The first kappa shape index (κ1) is 13.4. The van der Waals surface area contributed by atoms with Crippen LogP contribution in [-0.2, 0) is 6.61 Å². The summed E-state index contributed by atoms with van der Waals surface area (Å²) >= 11 is 3.39. The molecule has 0 amide bonds. The van der Waals surface area contributed by atoms with Crippen molar-refractivity contribution in [1.82, 2.24) is 0 Å². The second kappa shape index (κ2) is 6.26. The fraction of sp³-hybridized carbons (Fsp3) is 0.133. The van der Waals surface area contributed by atoms with E-state index < -0.39 is 0 Å². The molecular weight excluding hydrogens is 306 g/mol. The first-order valence-electron chi connectivity index (χ1n) is 5.68. The standard InChI is InChI=1S/C15H12BrNO2/c1-18-15-8-13(6-7-14(15)16)19-10-12-4-2-11(9-17)3-5-12/h2-8H,10H2,1H3. The highest BCUT2D eigenvalue weighted by molar-refractivity contribution is 9.10. The van der Waals surface area contributed by atoms with E-state index in [9.17, 15) is 0 Å². The lowest BCUT2D eigenvalue weighted by molar-refractivity contribution is 0.303. The van der Waals surface area contributed by atoms with E-state index in [0.29, 0.717) is 12.2 Å². The molecule has 0 spiro atoms. The molecule has 3 nitrogen and oxygen atoms in total. The van der Waals surface area contributed by atoms with Gasteiger partial charge in [-0.2, -0.15) is 5.26 Å². The predicted octanol–water partition coefficient (Wildman–Crippen LogP) is 3.91. The average Bonchev–Trinajstić information content (AvgIpc) is 2.47. The molecule has 0 atom stereocenters. The maximum Gasteiger partial charge on any atom is 0.136 e. The fourth-order valence-corrected chi connectivity index (χ4v) is 1.98. The molecule has 0 aromatic heterocycles. The number of hydrogen-bond donors (Lipinski definition) is 0. The van der Waals surface area contributed by atoms with Crippen LogP contribution in [0.1, 0.15) is 11.1 Å². The van der Waals surface area contributed by atoms with Crippen LogP contribution in [0.25, 0.3) is 0 Å². The number of hydrogen-bond acceptors (Lipinski definition) is 3. The van der Waals surface area contributed by atoms with Gasteiger partial charge in [0.25, 0.3) is 0 Å². The van der Waals surface area contributed by atoms with Crippen molar-refractivity contribution in [3.8, 4) is 17.6 Å². The van der Waals surface area contributed by atoms with E-state index >= 15 is 0 Å². The van der Waals surface area contributed by atoms with Gasteiger partial charge < -0.3 is 9.47 Å². The Hall–Kier alpha value is -1.99. The molecule has 0 saturated carbocycles. The monoisotopic (exact) mass is 317 g/mol. The van der Waals surface area contributed by atoms with Crippen molar-refractivity contribution in [3.63, 3.8) is 0 Å². The summed E-state index contributed by atoms with van der Waals surface area (Å²) in [5, 5.41) is 8.72. The Morgan fingerprint density at radius 2 is 1.89 bits per heavy atom. The predicted molar refractivity (Wildman–Crippen MR) is 76.2 cm³/mol. The Kier molecular flexibility index (Phi) is 4.43. The topological polar surface area (TPSA) is 42.2 Å². The van der Waals surface area contributed by atoms with E-state index in [1.807, 2.05) is 30.3 Å². The number of rotatable bonds is 4. The zero-order valence-corrected chi connectivity index (χ0v) is 12.0. The van der Waals surface area contributed by atoms with Crippen LogP contribution in [-0.4, -0.2) is 7.11 Å². The molecule has 2 rings (SSSR count). The molecule has 0 N–H and O–H groups in total. The largest absolute Gasteiger partial charge is 0.495 e. The zero-order chi connectivity index (χ0) is 13.7. The van der Waals surface area contributed by atoms with Gasteiger partial charge in [-0.3, -0.25) is 0 Å². The fourth-order valence-electron chi connectivity index (χ4n) is 1.57. The molecule has 0 heterocycles. The highest BCUT2D eigenvalue weighted by Gasteiger charge is 2.03. The van der Waals surface area contributed by atoms with Crippen LogP contribution in [0.4, 0.5) is 0 Å². The average molecular weight is 318 g/mol. The number of ether oxygens (including phenoxy) is 2. The van der Waals surface area contributed by atoms with Crippen LogP contribution in [0.3, 0.4) is 0 Å². The summed E-state index contributed by atoms with van der Waals surface area (Å²) < 4.78 is 11.8. The van der Waals surface area contributed by atoms with E-state index in [1.165, 1.54) is 0 Å². The van der Waals surface area contributed by atoms with Crippen molar-refractivity contribution in [3.05, 3.63) is 58.1 Å². The Labute approximate surface area is 120 Å². The van der Waals surface area contributed by atoms with Crippen molar-refractivity contribution >= 4 is 15.9 Å². The van der Waals surface area contributed by atoms with Gasteiger partial charge in [0.15, 0.2) is 0 Å². The van der Waals surface area contributed by atoms with Crippen molar-refractivity contribution in [1.29, 1.82) is 5.26 Å². The lowest BCUT2D eigenvalue weighted by atomic mass is 10.2. The summed E-state index contributed by atoms with van der Waals surface area (Å²) in [6, 6.07) is 15.0. The Bertz CT molecular complexity index is 603. The van der Waals surface area contributed by atoms with Gasteiger partial charge >= 0.3 is 0 Å². The van der Waals surface area contributed by atoms with Crippen LogP contribution >= 0.6 is 15.9 Å². The normalized spacial score (nSPS) is 9.74. The smallest absolute Gasteiger partial charge is 0.136 e. The summed E-state index contributed by atoms with van der Waals surface area (Å²) in [6.07, 6.45) is 0. The van der Waals surface area contributed by atoms with E-state index in [0.717, 1.165) is 21.5 Å². The molecule has 0 radical (unpaired) electrons.